The third kappa shape index (κ3) is 3.14. The normalized spacial score (nSPS) is 10.5. The Morgan fingerprint density at radius 1 is 1.22 bits per heavy atom. The summed E-state index contributed by atoms with van der Waals surface area (Å²) in [6.45, 7) is 0. The van der Waals surface area contributed by atoms with Crippen LogP contribution in [0.5, 0.6) is 0 Å². The molecule has 0 saturated carbocycles. The summed E-state index contributed by atoms with van der Waals surface area (Å²) in [6, 6.07) is 10.4. The molecule has 3 aromatic rings. The Kier molecular flexibility index (Phi) is 3.94. The van der Waals surface area contributed by atoms with Crippen LogP contribution in [0.4, 0.5) is 10.3 Å². The molecular formula is C15H10ClFN4O2. The van der Waals surface area contributed by atoms with Gasteiger partial charge in [0.25, 0.3) is 11.5 Å². The molecule has 23 heavy (non-hydrogen) atoms. The summed E-state index contributed by atoms with van der Waals surface area (Å²) in [5.74, 6) is -1.23. The van der Waals surface area contributed by atoms with Crippen molar-refractivity contribution in [1.29, 1.82) is 0 Å². The Morgan fingerprint density at radius 2 is 2.00 bits per heavy atom. The first-order valence-electron chi connectivity index (χ1n) is 6.55. The highest BCUT2D eigenvalue weighted by molar-refractivity contribution is 6.30. The van der Waals surface area contributed by atoms with E-state index in [2.05, 4.69) is 20.8 Å². The number of nitrogens with zero attached hydrogens (tertiary/aromatic N) is 1. The van der Waals surface area contributed by atoms with Gasteiger partial charge in [0.15, 0.2) is 0 Å². The van der Waals surface area contributed by atoms with E-state index in [0.29, 0.717) is 10.9 Å². The first-order chi connectivity index (χ1) is 11.0. The van der Waals surface area contributed by atoms with Crippen molar-refractivity contribution in [2.75, 3.05) is 5.43 Å². The molecular weight excluding hydrogens is 323 g/mol. The Bertz CT molecular complexity index is 958. The van der Waals surface area contributed by atoms with E-state index >= 15 is 0 Å². The lowest BCUT2D eigenvalue weighted by Crippen LogP contribution is -2.31. The van der Waals surface area contributed by atoms with Gasteiger partial charge in [0, 0.05) is 5.56 Å². The van der Waals surface area contributed by atoms with E-state index in [0.717, 1.165) is 6.07 Å². The zero-order chi connectivity index (χ0) is 16.4. The second-order valence-corrected chi connectivity index (χ2v) is 5.05. The van der Waals surface area contributed by atoms with Crippen LogP contribution in [0, 0.1) is 5.82 Å². The SMILES string of the molecule is O=C(NNc1nc2ccccc2c(=O)[nH]1)c1ccc(Cl)c(F)c1. The van der Waals surface area contributed by atoms with Gasteiger partial charge in [-0.1, -0.05) is 23.7 Å². The molecule has 116 valence electrons. The number of aromatic amines is 1. The Hall–Kier alpha value is -2.93. The number of nitrogens with one attached hydrogen (secondary N) is 3. The van der Waals surface area contributed by atoms with Gasteiger partial charge in [-0.05, 0) is 30.3 Å². The zero-order valence-corrected chi connectivity index (χ0v) is 12.3. The fourth-order valence-corrected chi connectivity index (χ4v) is 2.09. The highest BCUT2D eigenvalue weighted by Crippen LogP contribution is 2.15. The van der Waals surface area contributed by atoms with Gasteiger partial charge in [0.05, 0.1) is 15.9 Å². The van der Waals surface area contributed by atoms with Crippen LogP contribution in [0.15, 0.2) is 47.3 Å². The third-order valence-corrected chi connectivity index (χ3v) is 3.40. The number of hydrogen-bond donors (Lipinski definition) is 3. The second kappa shape index (κ2) is 6.05. The van der Waals surface area contributed by atoms with E-state index in [-0.39, 0.29) is 22.1 Å². The van der Waals surface area contributed by atoms with Crippen LogP contribution in [-0.4, -0.2) is 15.9 Å². The summed E-state index contributed by atoms with van der Waals surface area (Å²) < 4.78 is 13.3. The Labute approximate surface area is 134 Å². The van der Waals surface area contributed by atoms with Gasteiger partial charge in [-0.2, -0.15) is 0 Å². The van der Waals surface area contributed by atoms with Crippen molar-refractivity contribution in [2.45, 2.75) is 0 Å². The molecule has 8 heteroatoms. The van der Waals surface area contributed by atoms with Crippen LogP contribution in [0.2, 0.25) is 5.02 Å². The number of hydrogen-bond acceptors (Lipinski definition) is 4. The standard InChI is InChI=1S/C15H10ClFN4O2/c16-10-6-5-8(7-11(10)17)13(22)20-21-15-18-12-4-2-1-3-9(12)14(23)19-15/h1-7H,(H,20,22)(H2,18,19,21,23). The van der Waals surface area contributed by atoms with Crippen LogP contribution >= 0.6 is 11.6 Å². The van der Waals surface area contributed by atoms with Crippen molar-refractivity contribution in [1.82, 2.24) is 15.4 Å². The first kappa shape index (κ1) is 15.0. The van der Waals surface area contributed by atoms with Crippen molar-refractivity contribution in [3.05, 3.63) is 69.2 Å². The number of carbonyl (C=O) groups is 1. The maximum absolute atomic E-state index is 13.3. The number of halogens is 2. The molecule has 0 aliphatic heterocycles. The minimum atomic E-state index is -0.698. The molecule has 0 atom stereocenters. The summed E-state index contributed by atoms with van der Waals surface area (Å²) in [5, 5.41) is 0.360. The lowest BCUT2D eigenvalue weighted by atomic mass is 10.2. The van der Waals surface area contributed by atoms with Crippen LogP contribution in [0.3, 0.4) is 0 Å². The van der Waals surface area contributed by atoms with Gasteiger partial charge in [0.2, 0.25) is 5.95 Å². The van der Waals surface area contributed by atoms with E-state index < -0.39 is 11.7 Å². The molecule has 0 bridgehead atoms. The number of benzene rings is 2. The van der Waals surface area contributed by atoms with Crippen molar-refractivity contribution in [2.24, 2.45) is 0 Å². The molecule has 0 spiro atoms. The number of para-hydroxylation sites is 1. The van der Waals surface area contributed by atoms with E-state index in [4.69, 9.17) is 11.6 Å². The number of carbonyl (C=O) groups excluding carboxylic acids is 1. The summed E-state index contributed by atoms with van der Waals surface area (Å²) in [4.78, 5) is 30.5. The van der Waals surface area contributed by atoms with Crippen LogP contribution < -0.4 is 16.4 Å². The van der Waals surface area contributed by atoms with Crippen LogP contribution in [-0.2, 0) is 0 Å². The van der Waals surface area contributed by atoms with Crippen LogP contribution in [0.25, 0.3) is 10.9 Å². The van der Waals surface area contributed by atoms with E-state index in [1.54, 1.807) is 24.3 Å². The van der Waals surface area contributed by atoms with E-state index in [9.17, 15) is 14.0 Å². The van der Waals surface area contributed by atoms with Gasteiger partial charge < -0.3 is 0 Å². The number of H-pyrrole nitrogens is 1. The quantitative estimate of drug-likeness (QED) is 0.643. The molecule has 6 nitrogen and oxygen atoms in total. The molecule has 0 aliphatic carbocycles. The van der Waals surface area contributed by atoms with E-state index in [1.165, 1.54) is 12.1 Å². The fourth-order valence-electron chi connectivity index (χ4n) is 1.97. The molecule has 0 aliphatic rings. The molecule has 0 unspecified atom stereocenters. The monoisotopic (exact) mass is 332 g/mol. The minimum Gasteiger partial charge on any atom is -0.291 e. The molecule has 2 aromatic carbocycles. The fraction of sp³-hybridized carbons (Fsp3) is 0. The molecule has 1 heterocycles. The molecule has 0 saturated heterocycles. The number of aromatic nitrogens is 2. The predicted octanol–water partition coefficient (Wildman–Crippen LogP) is 2.47. The summed E-state index contributed by atoms with van der Waals surface area (Å²) >= 11 is 5.56. The number of rotatable bonds is 3. The number of hydrazine groups is 1. The van der Waals surface area contributed by atoms with Crippen molar-refractivity contribution in [3.8, 4) is 0 Å². The number of amides is 1. The topological polar surface area (TPSA) is 86.9 Å². The van der Waals surface area contributed by atoms with Gasteiger partial charge in [-0.3, -0.25) is 25.4 Å². The van der Waals surface area contributed by atoms with Gasteiger partial charge in [-0.25, -0.2) is 9.37 Å². The maximum Gasteiger partial charge on any atom is 0.269 e. The molecule has 3 N–H and O–H groups in total. The number of anilines is 1. The molecule has 0 fully saturated rings. The molecule has 1 amide bonds. The summed E-state index contributed by atoms with van der Waals surface area (Å²) in [7, 11) is 0. The average Bonchev–Trinajstić information content (AvgIpc) is 2.55. The van der Waals surface area contributed by atoms with Gasteiger partial charge >= 0.3 is 0 Å². The lowest BCUT2D eigenvalue weighted by Gasteiger charge is -2.08. The predicted molar refractivity (Wildman–Crippen MR) is 84.9 cm³/mol. The van der Waals surface area contributed by atoms with Crippen LogP contribution in [0.1, 0.15) is 10.4 Å². The minimum absolute atomic E-state index is 0.0662. The van der Waals surface area contributed by atoms with Crippen molar-refractivity contribution < 1.29 is 9.18 Å². The van der Waals surface area contributed by atoms with Gasteiger partial charge in [0.1, 0.15) is 5.82 Å². The zero-order valence-electron chi connectivity index (χ0n) is 11.6. The third-order valence-electron chi connectivity index (χ3n) is 3.09. The molecule has 1 aromatic heterocycles. The van der Waals surface area contributed by atoms with E-state index in [1.807, 2.05) is 0 Å². The number of fused-ring (bicyclic) bond motifs is 1. The highest BCUT2D eigenvalue weighted by atomic mass is 35.5. The lowest BCUT2D eigenvalue weighted by molar-refractivity contribution is 0.0962. The Balaban J connectivity index is 1.79. The second-order valence-electron chi connectivity index (χ2n) is 4.64. The molecule has 0 radical (unpaired) electrons. The average molecular weight is 333 g/mol. The Morgan fingerprint density at radius 3 is 2.78 bits per heavy atom. The highest BCUT2D eigenvalue weighted by Gasteiger charge is 2.09. The van der Waals surface area contributed by atoms with Crippen molar-refractivity contribution >= 4 is 34.4 Å². The largest absolute Gasteiger partial charge is 0.291 e. The van der Waals surface area contributed by atoms with Gasteiger partial charge in [-0.15, -0.1) is 0 Å². The first-order valence-corrected chi connectivity index (χ1v) is 6.93. The smallest absolute Gasteiger partial charge is 0.269 e. The summed E-state index contributed by atoms with van der Waals surface area (Å²) in [5.41, 5.74) is 5.02. The molecule has 3 rings (SSSR count). The van der Waals surface area contributed by atoms with Crippen molar-refractivity contribution in [3.63, 3.8) is 0 Å². The maximum atomic E-state index is 13.3. The summed E-state index contributed by atoms with van der Waals surface area (Å²) in [6.07, 6.45) is 0.